The molecule has 0 aliphatic heterocycles. The molecule has 1 saturated carbocycles. The van der Waals surface area contributed by atoms with E-state index in [-0.39, 0.29) is 6.61 Å². The van der Waals surface area contributed by atoms with Crippen molar-refractivity contribution in [3.8, 4) is 5.75 Å². The lowest BCUT2D eigenvalue weighted by molar-refractivity contribution is 0.259. The quantitative estimate of drug-likeness (QED) is 0.871. The first-order chi connectivity index (χ1) is 8.38. The van der Waals surface area contributed by atoms with Crippen LogP contribution in [0, 0.1) is 5.92 Å². The van der Waals surface area contributed by atoms with E-state index in [1.54, 1.807) is 0 Å². The first-order valence-electron chi connectivity index (χ1n) is 6.13. The summed E-state index contributed by atoms with van der Waals surface area (Å²) >= 11 is 0. The average Bonchev–Trinajstić information content (AvgIpc) is 3.19. The van der Waals surface area contributed by atoms with E-state index in [0.29, 0.717) is 0 Å². The molecule has 0 saturated heterocycles. The lowest BCUT2D eigenvalue weighted by Crippen LogP contribution is -2.02. The molecule has 0 unspecified atom stereocenters. The second-order valence-electron chi connectivity index (χ2n) is 4.68. The smallest absolute Gasteiger partial charge is 0.125 e. The summed E-state index contributed by atoms with van der Waals surface area (Å²) in [5.74, 6) is 1.56. The van der Waals surface area contributed by atoms with E-state index >= 15 is 0 Å². The molecule has 0 atom stereocenters. The van der Waals surface area contributed by atoms with Crippen LogP contribution in [0.25, 0.3) is 10.8 Å². The van der Waals surface area contributed by atoms with Crippen molar-refractivity contribution in [2.45, 2.75) is 19.4 Å². The maximum atomic E-state index is 9.52. The summed E-state index contributed by atoms with van der Waals surface area (Å²) in [6.45, 7) is 0.812. The Morgan fingerprint density at radius 3 is 2.71 bits per heavy atom. The Balaban J connectivity index is 1.98. The lowest BCUT2D eigenvalue weighted by Gasteiger charge is -2.12. The van der Waals surface area contributed by atoms with E-state index in [9.17, 15) is 5.11 Å². The zero-order valence-electron chi connectivity index (χ0n) is 9.73. The van der Waals surface area contributed by atoms with Crippen molar-refractivity contribution in [2.24, 2.45) is 5.92 Å². The van der Waals surface area contributed by atoms with Crippen molar-refractivity contribution in [3.05, 3.63) is 42.0 Å². The van der Waals surface area contributed by atoms with E-state index in [1.165, 1.54) is 12.8 Å². The minimum atomic E-state index is 0.0291. The van der Waals surface area contributed by atoms with Crippen LogP contribution in [-0.2, 0) is 6.61 Å². The number of aliphatic hydroxyl groups is 1. The molecule has 2 aromatic rings. The van der Waals surface area contributed by atoms with E-state index in [1.807, 2.05) is 24.3 Å². The number of fused-ring (bicyclic) bond motifs is 1. The van der Waals surface area contributed by atoms with Gasteiger partial charge < -0.3 is 9.84 Å². The Bertz CT molecular complexity index is 529. The molecule has 1 aliphatic carbocycles. The van der Waals surface area contributed by atoms with Gasteiger partial charge in [0, 0.05) is 5.56 Å². The first kappa shape index (κ1) is 10.6. The van der Waals surface area contributed by atoms with Crippen LogP contribution in [0.1, 0.15) is 18.4 Å². The third kappa shape index (κ3) is 2.13. The fraction of sp³-hybridized carbons (Fsp3) is 0.333. The second-order valence-corrected chi connectivity index (χ2v) is 4.68. The van der Waals surface area contributed by atoms with Crippen molar-refractivity contribution in [2.75, 3.05) is 6.61 Å². The zero-order valence-corrected chi connectivity index (χ0v) is 9.73. The maximum absolute atomic E-state index is 9.52. The van der Waals surface area contributed by atoms with Crippen LogP contribution in [0.4, 0.5) is 0 Å². The van der Waals surface area contributed by atoms with Crippen molar-refractivity contribution in [1.29, 1.82) is 0 Å². The van der Waals surface area contributed by atoms with E-state index in [0.717, 1.165) is 34.6 Å². The van der Waals surface area contributed by atoms with Crippen LogP contribution in [0.5, 0.6) is 5.75 Å². The van der Waals surface area contributed by atoms with Gasteiger partial charge in [-0.05, 0) is 35.6 Å². The van der Waals surface area contributed by atoms with Crippen LogP contribution in [0.2, 0.25) is 0 Å². The summed E-state index contributed by atoms with van der Waals surface area (Å²) in [4.78, 5) is 0. The molecule has 0 spiro atoms. The highest BCUT2D eigenvalue weighted by Crippen LogP contribution is 2.32. The molecule has 0 heterocycles. The summed E-state index contributed by atoms with van der Waals surface area (Å²) in [6.07, 6.45) is 2.56. The fourth-order valence-corrected chi connectivity index (χ4v) is 2.11. The summed E-state index contributed by atoms with van der Waals surface area (Å²) in [5.41, 5.74) is 0.906. The Morgan fingerprint density at radius 1 is 1.12 bits per heavy atom. The van der Waals surface area contributed by atoms with Crippen LogP contribution in [-0.4, -0.2) is 11.7 Å². The molecule has 0 bridgehead atoms. The number of hydrogen-bond donors (Lipinski definition) is 1. The van der Waals surface area contributed by atoms with Gasteiger partial charge in [0.05, 0.1) is 13.2 Å². The van der Waals surface area contributed by atoms with Crippen molar-refractivity contribution < 1.29 is 9.84 Å². The van der Waals surface area contributed by atoms with Crippen molar-refractivity contribution >= 4 is 10.8 Å². The van der Waals surface area contributed by atoms with Crippen LogP contribution in [0.15, 0.2) is 36.4 Å². The zero-order chi connectivity index (χ0) is 11.7. The average molecular weight is 228 g/mol. The lowest BCUT2D eigenvalue weighted by atomic mass is 10.0. The van der Waals surface area contributed by atoms with Crippen LogP contribution in [0.3, 0.4) is 0 Å². The highest BCUT2D eigenvalue weighted by molar-refractivity contribution is 5.87. The number of aliphatic hydroxyl groups excluding tert-OH is 1. The Hall–Kier alpha value is -1.54. The summed E-state index contributed by atoms with van der Waals surface area (Å²) in [7, 11) is 0. The van der Waals surface area contributed by atoms with E-state index in [4.69, 9.17) is 4.74 Å². The minimum absolute atomic E-state index is 0.0291. The maximum Gasteiger partial charge on any atom is 0.125 e. The van der Waals surface area contributed by atoms with Gasteiger partial charge in [-0.25, -0.2) is 0 Å². The third-order valence-electron chi connectivity index (χ3n) is 3.33. The summed E-state index contributed by atoms with van der Waals surface area (Å²) in [5, 5.41) is 11.8. The van der Waals surface area contributed by atoms with Crippen LogP contribution < -0.4 is 4.74 Å². The number of benzene rings is 2. The molecule has 1 fully saturated rings. The number of rotatable bonds is 4. The second kappa shape index (κ2) is 4.38. The predicted octanol–water partition coefficient (Wildman–Crippen LogP) is 3.12. The standard InChI is InChI=1S/C15H16O2/c16-9-14-13-4-2-1-3-12(13)7-8-15(14)17-10-11-5-6-11/h1-4,7-8,11,16H,5-6,9-10H2. The van der Waals surface area contributed by atoms with Gasteiger partial charge in [0.25, 0.3) is 0 Å². The fourth-order valence-electron chi connectivity index (χ4n) is 2.11. The Labute approximate surface area is 101 Å². The number of ether oxygens (including phenoxy) is 1. The molecule has 88 valence electrons. The molecule has 0 aromatic heterocycles. The van der Waals surface area contributed by atoms with E-state index < -0.39 is 0 Å². The molecule has 1 aliphatic rings. The van der Waals surface area contributed by atoms with Gasteiger partial charge in [-0.3, -0.25) is 0 Å². The highest BCUT2D eigenvalue weighted by Gasteiger charge is 2.22. The largest absolute Gasteiger partial charge is 0.493 e. The Morgan fingerprint density at radius 2 is 1.94 bits per heavy atom. The Kier molecular flexibility index (Phi) is 2.73. The SMILES string of the molecule is OCc1c(OCC2CC2)ccc2ccccc12. The molecule has 3 rings (SSSR count). The summed E-state index contributed by atoms with van der Waals surface area (Å²) < 4.78 is 5.80. The van der Waals surface area contributed by atoms with Gasteiger partial charge in [0.15, 0.2) is 0 Å². The molecule has 17 heavy (non-hydrogen) atoms. The predicted molar refractivity (Wildman–Crippen MR) is 68.1 cm³/mol. The molecule has 2 aromatic carbocycles. The van der Waals surface area contributed by atoms with Gasteiger partial charge in [0.1, 0.15) is 5.75 Å². The molecule has 2 nitrogen and oxygen atoms in total. The van der Waals surface area contributed by atoms with Crippen LogP contribution >= 0.6 is 0 Å². The normalized spacial score (nSPS) is 15.1. The van der Waals surface area contributed by atoms with Gasteiger partial charge in [0.2, 0.25) is 0 Å². The monoisotopic (exact) mass is 228 g/mol. The summed E-state index contributed by atoms with van der Waals surface area (Å²) in [6, 6.07) is 12.1. The van der Waals surface area contributed by atoms with Gasteiger partial charge in [-0.2, -0.15) is 0 Å². The topological polar surface area (TPSA) is 29.5 Å². The molecular formula is C15H16O2. The molecule has 2 heteroatoms. The number of hydrogen-bond acceptors (Lipinski definition) is 2. The van der Waals surface area contributed by atoms with E-state index in [2.05, 4.69) is 12.1 Å². The minimum Gasteiger partial charge on any atom is -0.493 e. The molecule has 1 N–H and O–H groups in total. The van der Waals surface area contributed by atoms with Gasteiger partial charge >= 0.3 is 0 Å². The van der Waals surface area contributed by atoms with Gasteiger partial charge in [-0.1, -0.05) is 30.3 Å². The van der Waals surface area contributed by atoms with Crippen molar-refractivity contribution in [1.82, 2.24) is 0 Å². The molecule has 0 radical (unpaired) electrons. The molecular weight excluding hydrogens is 212 g/mol. The van der Waals surface area contributed by atoms with Gasteiger partial charge in [-0.15, -0.1) is 0 Å². The highest BCUT2D eigenvalue weighted by atomic mass is 16.5. The third-order valence-corrected chi connectivity index (χ3v) is 3.33. The molecule has 0 amide bonds. The first-order valence-corrected chi connectivity index (χ1v) is 6.13. The van der Waals surface area contributed by atoms with Crippen molar-refractivity contribution in [3.63, 3.8) is 0 Å².